The number of sulfonamides is 1. The van der Waals surface area contributed by atoms with Gasteiger partial charge in [-0.05, 0) is 68.7 Å². The molecule has 0 spiro atoms. The summed E-state index contributed by atoms with van der Waals surface area (Å²) < 4.78 is 28.6. The Hall–Kier alpha value is -3.07. The van der Waals surface area contributed by atoms with Crippen molar-refractivity contribution >= 4 is 50.7 Å². The number of carbonyl (C=O) groups is 2. The van der Waals surface area contributed by atoms with Crippen molar-refractivity contribution in [2.75, 3.05) is 10.8 Å². The number of carbonyl (C=O) groups excluding carboxylic acids is 2. The number of halogens is 2. The van der Waals surface area contributed by atoms with E-state index in [-0.39, 0.29) is 29.1 Å². The van der Waals surface area contributed by atoms with E-state index in [0.29, 0.717) is 22.0 Å². The van der Waals surface area contributed by atoms with E-state index >= 15 is 0 Å². The minimum Gasteiger partial charge on any atom is -0.352 e. The van der Waals surface area contributed by atoms with Gasteiger partial charge in [0, 0.05) is 22.6 Å². The molecular weight excluding hydrogens is 557 g/mol. The van der Waals surface area contributed by atoms with E-state index in [1.165, 1.54) is 23.1 Å². The summed E-state index contributed by atoms with van der Waals surface area (Å²) in [6.07, 6.45) is 0.716. The molecule has 1 N–H and O–H groups in total. The van der Waals surface area contributed by atoms with Crippen LogP contribution >= 0.6 is 23.2 Å². The summed E-state index contributed by atoms with van der Waals surface area (Å²) in [4.78, 5) is 28.4. The number of rotatable bonds is 11. The van der Waals surface area contributed by atoms with Crippen LogP contribution in [0.3, 0.4) is 0 Å². The second-order valence-corrected chi connectivity index (χ2v) is 12.0. The summed E-state index contributed by atoms with van der Waals surface area (Å²) in [5, 5.41) is 3.70. The Balaban J connectivity index is 2.05. The highest BCUT2D eigenvalue weighted by molar-refractivity contribution is 7.92. The molecule has 39 heavy (non-hydrogen) atoms. The monoisotopic (exact) mass is 589 g/mol. The van der Waals surface area contributed by atoms with Gasteiger partial charge >= 0.3 is 0 Å². The van der Waals surface area contributed by atoms with Crippen molar-refractivity contribution in [3.63, 3.8) is 0 Å². The number of amides is 2. The first-order valence-corrected chi connectivity index (χ1v) is 14.8. The van der Waals surface area contributed by atoms with E-state index in [1.54, 1.807) is 68.4 Å². The Morgan fingerprint density at radius 1 is 0.923 bits per heavy atom. The minimum atomic E-state index is -4.16. The van der Waals surface area contributed by atoms with Crippen LogP contribution in [-0.2, 0) is 26.2 Å². The standard InChI is InChI=1S/C29H33Cl2N3O4S/c1-5-21(3)32-29(36)22(4)33(18-23-11-9-10-14-26(23)30)28(35)19-34(24-16-15-20(2)27(31)17-24)39(37,38)25-12-7-6-8-13-25/h6-17,21-22H,5,18-19H2,1-4H3,(H,32,36)/t21-,22+/m0/s1. The third-order valence-corrected chi connectivity index (χ3v) is 9.08. The van der Waals surface area contributed by atoms with Crippen LogP contribution in [0.15, 0.2) is 77.7 Å². The van der Waals surface area contributed by atoms with Crippen LogP contribution < -0.4 is 9.62 Å². The summed E-state index contributed by atoms with van der Waals surface area (Å²) in [5.41, 5.74) is 1.63. The van der Waals surface area contributed by atoms with Gasteiger partial charge in [-0.3, -0.25) is 13.9 Å². The Kier molecular flexibility index (Phi) is 10.4. The van der Waals surface area contributed by atoms with E-state index < -0.39 is 28.5 Å². The van der Waals surface area contributed by atoms with Crippen LogP contribution in [0.2, 0.25) is 10.0 Å². The van der Waals surface area contributed by atoms with E-state index in [9.17, 15) is 18.0 Å². The maximum atomic E-state index is 13.9. The molecule has 208 valence electrons. The average molecular weight is 591 g/mol. The minimum absolute atomic E-state index is 0.0154. The highest BCUT2D eigenvalue weighted by Crippen LogP contribution is 2.29. The Morgan fingerprint density at radius 2 is 1.56 bits per heavy atom. The van der Waals surface area contributed by atoms with Crippen molar-refractivity contribution in [2.45, 2.75) is 57.6 Å². The van der Waals surface area contributed by atoms with Gasteiger partial charge < -0.3 is 10.2 Å². The summed E-state index contributed by atoms with van der Waals surface area (Å²) in [6, 6.07) is 18.7. The number of aryl methyl sites for hydroxylation is 1. The predicted octanol–water partition coefficient (Wildman–Crippen LogP) is 5.83. The van der Waals surface area contributed by atoms with Gasteiger partial charge in [-0.15, -0.1) is 0 Å². The molecule has 0 aliphatic heterocycles. The molecule has 7 nitrogen and oxygen atoms in total. The van der Waals surface area contributed by atoms with Gasteiger partial charge in [0.05, 0.1) is 10.6 Å². The lowest BCUT2D eigenvalue weighted by Gasteiger charge is -2.32. The first kappa shape index (κ1) is 30.5. The molecule has 0 radical (unpaired) electrons. The molecule has 3 aromatic rings. The largest absolute Gasteiger partial charge is 0.352 e. The zero-order chi connectivity index (χ0) is 28.7. The van der Waals surface area contributed by atoms with Gasteiger partial charge in [-0.2, -0.15) is 0 Å². The maximum absolute atomic E-state index is 13.9. The molecule has 0 aromatic heterocycles. The van der Waals surface area contributed by atoms with Gasteiger partial charge in [0.1, 0.15) is 12.6 Å². The molecular formula is C29H33Cl2N3O4S. The zero-order valence-electron chi connectivity index (χ0n) is 22.4. The number of nitrogens with zero attached hydrogens (tertiary/aromatic N) is 2. The smallest absolute Gasteiger partial charge is 0.264 e. The number of benzene rings is 3. The topological polar surface area (TPSA) is 86.8 Å². The maximum Gasteiger partial charge on any atom is 0.264 e. The lowest BCUT2D eigenvalue weighted by molar-refractivity contribution is -0.139. The summed E-state index contributed by atoms with van der Waals surface area (Å²) in [6.45, 7) is 6.70. The van der Waals surface area contributed by atoms with Crippen LogP contribution in [0.4, 0.5) is 5.69 Å². The van der Waals surface area contributed by atoms with Gasteiger partial charge in [-0.1, -0.05) is 72.6 Å². The molecule has 0 aliphatic carbocycles. The quantitative estimate of drug-likeness (QED) is 0.305. The van der Waals surface area contributed by atoms with Crippen LogP contribution in [0.25, 0.3) is 0 Å². The van der Waals surface area contributed by atoms with E-state index in [2.05, 4.69) is 5.32 Å². The Morgan fingerprint density at radius 3 is 2.18 bits per heavy atom. The lowest BCUT2D eigenvalue weighted by atomic mass is 10.1. The van der Waals surface area contributed by atoms with E-state index in [0.717, 1.165) is 9.87 Å². The van der Waals surface area contributed by atoms with Crippen molar-refractivity contribution in [1.82, 2.24) is 10.2 Å². The molecule has 0 saturated heterocycles. The van der Waals surface area contributed by atoms with Crippen LogP contribution in [-0.4, -0.2) is 43.8 Å². The SMILES string of the molecule is CC[C@H](C)NC(=O)[C@@H](C)N(Cc1ccccc1Cl)C(=O)CN(c1ccc(C)c(Cl)c1)S(=O)(=O)c1ccccc1. The summed E-state index contributed by atoms with van der Waals surface area (Å²) >= 11 is 12.7. The normalized spacial score (nSPS) is 12.9. The van der Waals surface area contributed by atoms with Crippen LogP contribution in [0.1, 0.15) is 38.3 Å². The predicted molar refractivity (Wildman–Crippen MR) is 157 cm³/mol. The van der Waals surface area contributed by atoms with Crippen LogP contribution in [0, 0.1) is 6.92 Å². The number of nitrogens with one attached hydrogen (secondary N) is 1. The Bertz CT molecular complexity index is 1420. The molecule has 0 heterocycles. The first-order chi connectivity index (χ1) is 18.4. The van der Waals surface area contributed by atoms with Gasteiger partial charge in [0.15, 0.2) is 0 Å². The molecule has 0 fully saturated rings. The molecule has 2 atom stereocenters. The summed E-state index contributed by atoms with van der Waals surface area (Å²) in [7, 11) is -4.16. The highest BCUT2D eigenvalue weighted by Gasteiger charge is 2.33. The van der Waals surface area contributed by atoms with Crippen molar-refractivity contribution < 1.29 is 18.0 Å². The fourth-order valence-corrected chi connectivity index (χ4v) is 5.64. The third-order valence-electron chi connectivity index (χ3n) is 6.52. The molecule has 3 rings (SSSR count). The highest BCUT2D eigenvalue weighted by atomic mass is 35.5. The van der Waals surface area contributed by atoms with Gasteiger partial charge in [-0.25, -0.2) is 8.42 Å². The van der Waals surface area contributed by atoms with E-state index in [1.807, 2.05) is 13.8 Å². The molecule has 2 amide bonds. The van der Waals surface area contributed by atoms with Crippen LogP contribution in [0.5, 0.6) is 0 Å². The number of hydrogen-bond acceptors (Lipinski definition) is 4. The first-order valence-electron chi connectivity index (χ1n) is 12.6. The number of hydrogen-bond donors (Lipinski definition) is 1. The summed E-state index contributed by atoms with van der Waals surface area (Å²) in [5.74, 6) is -0.918. The number of anilines is 1. The van der Waals surface area contributed by atoms with Crippen molar-refractivity contribution in [3.05, 3.63) is 94.0 Å². The molecule has 0 saturated carbocycles. The van der Waals surface area contributed by atoms with Crippen molar-refractivity contribution in [2.24, 2.45) is 0 Å². The molecule has 0 unspecified atom stereocenters. The van der Waals surface area contributed by atoms with Crippen molar-refractivity contribution in [1.29, 1.82) is 0 Å². The fourth-order valence-electron chi connectivity index (χ4n) is 3.84. The van der Waals surface area contributed by atoms with Crippen molar-refractivity contribution in [3.8, 4) is 0 Å². The lowest BCUT2D eigenvalue weighted by Crippen LogP contribution is -2.52. The fraction of sp³-hybridized carbons (Fsp3) is 0.310. The molecule has 3 aromatic carbocycles. The van der Waals surface area contributed by atoms with Gasteiger partial charge in [0.25, 0.3) is 10.0 Å². The molecule has 10 heteroatoms. The Labute approximate surface area is 240 Å². The van der Waals surface area contributed by atoms with E-state index in [4.69, 9.17) is 23.2 Å². The third kappa shape index (κ3) is 7.53. The van der Waals surface area contributed by atoms with Gasteiger partial charge in [0.2, 0.25) is 11.8 Å². The molecule has 0 aliphatic rings. The zero-order valence-corrected chi connectivity index (χ0v) is 24.7. The molecule has 0 bridgehead atoms. The average Bonchev–Trinajstić information content (AvgIpc) is 2.92. The second-order valence-electron chi connectivity index (χ2n) is 9.37. The second kappa shape index (κ2) is 13.3.